The van der Waals surface area contributed by atoms with E-state index in [2.05, 4.69) is 28.4 Å². The van der Waals surface area contributed by atoms with Crippen LogP contribution in [0.5, 0.6) is 0 Å². The molecule has 2 N–H and O–H groups in total. The van der Waals surface area contributed by atoms with E-state index in [9.17, 15) is 9.90 Å². The fraction of sp³-hybridized carbons (Fsp3) is 0.524. The van der Waals surface area contributed by atoms with Crippen LogP contribution in [0.4, 0.5) is 4.79 Å². The summed E-state index contributed by atoms with van der Waals surface area (Å²) in [6, 6.07) is 10.1. The molecule has 2 fully saturated rings. The van der Waals surface area contributed by atoms with Gasteiger partial charge in [-0.05, 0) is 56.5 Å². The van der Waals surface area contributed by atoms with Gasteiger partial charge in [-0.15, -0.1) is 0 Å². The molecule has 4 atom stereocenters. The largest absolute Gasteiger partial charge is 0.373 e. The molecule has 8 heteroatoms. The summed E-state index contributed by atoms with van der Waals surface area (Å²) in [5.41, 5.74) is 1.60. The number of aliphatic hydroxyl groups excluding tert-OH is 1. The summed E-state index contributed by atoms with van der Waals surface area (Å²) in [4.78, 5) is 17.1. The number of aliphatic hydroxyl groups is 1. The molecule has 4 rings (SSSR count). The topological polar surface area (TPSA) is 73.6 Å². The number of rotatable bonds is 5. The minimum absolute atomic E-state index is 0.116. The molecule has 2 aromatic rings. The quantitative estimate of drug-likeness (QED) is 0.731. The number of fused-ring (bicyclic) bond motifs is 1. The number of benzene rings is 1. The predicted molar refractivity (Wildman–Crippen MR) is 112 cm³/mol. The van der Waals surface area contributed by atoms with E-state index in [0.717, 1.165) is 43.1 Å². The molecule has 2 aliphatic rings. The molecular formula is C21H28ClN5O2. The van der Waals surface area contributed by atoms with Crippen molar-refractivity contribution in [3.05, 3.63) is 52.8 Å². The second-order valence-corrected chi connectivity index (χ2v) is 8.62. The first-order chi connectivity index (χ1) is 14.0. The van der Waals surface area contributed by atoms with Gasteiger partial charge in [-0.2, -0.15) is 9.78 Å². The molecule has 0 spiro atoms. The number of nitrogens with one attached hydrogen (secondary N) is 1. The van der Waals surface area contributed by atoms with Crippen LogP contribution in [-0.2, 0) is 6.54 Å². The average molecular weight is 418 g/mol. The summed E-state index contributed by atoms with van der Waals surface area (Å²) in [6.45, 7) is 2.38. The lowest BCUT2D eigenvalue weighted by Gasteiger charge is -2.26. The van der Waals surface area contributed by atoms with Crippen LogP contribution in [0, 0.1) is 11.8 Å². The zero-order chi connectivity index (χ0) is 20.5. The number of nitrogens with zero attached hydrogens (tertiary/aromatic N) is 4. The Kier molecular flexibility index (Phi) is 5.92. The van der Waals surface area contributed by atoms with Crippen LogP contribution in [-0.4, -0.2) is 63.9 Å². The SMILES string of the molecule is CNC(O)c1ccn(C(=O)N2C[C@H]3CC(N(C)Cc4ccccc4Cl)C[C@H]3C2)n1. The maximum atomic E-state index is 12.8. The van der Waals surface area contributed by atoms with Gasteiger partial charge in [-0.1, -0.05) is 29.8 Å². The molecular weight excluding hydrogens is 390 g/mol. The van der Waals surface area contributed by atoms with Gasteiger partial charge in [-0.25, -0.2) is 4.79 Å². The van der Waals surface area contributed by atoms with E-state index < -0.39 is 6.23 Å². The van der Waals surface area contributed by atoms with Crippen LogP contribution in [0.3, 0.4) is 0 Å². The lowest BCUT2D eigenvalue weighted by molar-refractivity contribution is 0.143. The molecule has 1 aromatic carbocycles. The van der Waals surface area contributed by atoms with E-state index >= 15 is 0 Å². The standard InChI is InChI=1S/C21H28ClN5O2/c1-23-20(28)19-7-8-27(24-19)21(29)26-12-15-9-17(10-16(15)13-26)25(2)11-14-5-3-4-6-18(14)22/h3-8,15-17,20,23,28H,9-13H2,1-2H3/t15-,16+,17?,20?. The maximum Gasteiger partial charge on any atom is 0.344 e. The van der Waals surface area contributed by atoms with E-state index in [1.165, 1.54) is 4.68 Å². The Balaban J connectivity index is 1.33. The highest BCUT2D eigenvalue weighted by Crippen LogP contribution is 2.40. The molecule has 1 saturated carbocycles. The molecule has 1 aliphatic carbocycles. The summed E-state index contributed by atoms with van der Waals surface area (Å²) < 4.78 is 1.33. The molecule has 1 aliphatic heterocycles. The van der Waals surface area contributed by atoms with E-state index in [1.807, 2.05) is 23.1 Å². The van der Waals surface area contributed by atoms with Crippen LogP contribution in [0.1, 0.15) is 30.3 Å². The van der Waals surface area contributed by atoms with Gasteiger partial charge in [-0.3, -0.25) is 10.2 Å². The van der Waals surface area contributed by atoms with Crippen molar-refractivity contribution < 1.29 is 9.90 Å². The second kappa shape index (κ2) is 8.44. The molecule has 7 nitrogen and oxygen atoms in total. The average Bonchev–Trinajstić information content (AvgIpc) is 3.43. The minimum atomic E-state index is -0.864. The Morgan fingerprint density at radius 2 is 2.00 bits per heavy atom. The van der Waals surface area contributed by atoms with Crippen molar-refractivity contribution in [1.82, 2.24) is 24.9 Å². The summed E-state index contributed by atoms with van der Waals surface area (Å²) in [5, 5.41) is 17.5. The Labute approximate surface area is 176 Å². The number of amides is 1. The van der Waals surface area contributed by atoms with Crippen molar-refractivity contribution in [1.29, 1.82) is 0 Å². The molecule has 1 amide bonds. The van der Waals surface area contributed by atoms with Crippen LogP contribution < -0.4 is 5.32 Å². The number of aromatic nitrogens is 2. The van der Waals surface area contributed by atoms with Crippen molar-refractivity contribution in [2.45, 2.75) is 31.7 Å². The predicted octanol–water partition coefficient (Wildman–Crippen LogP) is 2.56. The normalized spacial score (nSPS) is 24.9. The van der Waals surface area contributed by atoms with Crippen LogP contribution in [0.15, 0.2) is 36.5 Å². The van der Waals surface area contributed by atoms with E-state index in [1.54, 1.807) is 19.3 Å². The summed E-state index contributed by atoms with van der Waals surface area (Å²) >= 11 is 6.31. The van der Waals surface area contributed by atoms with Crippen molar-refractivity contribution >= 4 is 17.6 Å². The number of likely N-dealkylation sites (tertiary alicyclic amines) is 1. The fourth-order valence-electron chi connectivity index (χ4n) is 4.69. The highest BCUT2D eigenvalue weighted by Gasteiger charge is 2.43. The lowest BCUT2D eigenvalue weighted by Crippen LogP contribution is -2.36. The number of hydrogen-bond donors (Lipinski definition) is 2. The monoisotopic (exact) mass is 417 g/mol. The van der Waals surface area contributed by atoms with E-state index in [-0.39, 0.29) is 6.03 Å². The van der Waals surface area contributed by atoms with Crippen LogP contribution in [0.25, 0.3) is 0 Å². The first kappa shape index (κ1) is 20.3. The number of carbonyl (C=O) groups excluding carboxylic acids is 1. The highest BCUT2D eigenvalue weighted by atomic mass is 35.5. The van der Waals surface area contributed by atoms with Gasteiger partial charge in [0.1, 0.15) is 11.9 Å². The van der Waals surface area contributed by atoms with Crippen LogP contribution in [0.2, 0.25) is 5.02 Å². The van der Waals surface area contributed by atoms with Gasteiger partial charge in [0.05, 0.1) is 0 Å². The number of carbonyl (C=O) groups is 1. The van der Waals surface area contributed by atoms with Crippen molar-refractivity contribution in [3.63, 3.8) is 0 Å². The maximum absolute atomic E-state index is 12.8. The third-order valence-electron chi connectivity index (χ3n) is 6.36. The van der Waals surface area contributed by atoms with Gasteiger partial charge in [0, 0.05) is 36.9 Å². The molecule has 2 heterocycles. The fourth-order valence-corrected chi connectivity index (χ4v) is 4.89. The molecule has 2 unspecified atom stereocenters. The summed E-state index contributed by atoms with van der Waals surface area (Å²) in [5.74, 6) is 1.05. The zero-order valence-corrected chi connectivity index (χ0v) is 17.6. The molecule has 156 valence electrons. The smallest absolute Gasteiger partial charge is 0.344 e. The Hall–Kier alpha value is -1.93. The summed E-state index contributed by atoms with van der Waals surface area (Å²) in [6.07, 6.45) is 2.94. The molecule has 29 heavy (non-hydrogen) atoms. The second-order valence-electron chi connectivity index (χ2n) is 8.22. The molecule has 1 aromatic heterocycles. The van der Waals surface area contributed by atoms with Crippen LogP contribution >= 0.6 is 11.6 Å². The molecule has 1 saturated heterocycles. The molecule has 0 radical (unpaired) electrons. The van der Waals surface area contributed by atoms with E-state index in [0.29, 0.717) is 23.6 Å². The van der Waals surface area contributed by atoms with Crippen molar-refractivity contribution in [2.75, 3.05) is 27.2 Å². The van der Waals surface area contributed by atoms with Crippen molar-refractivity contribution in [3.8, 4) is 0 Å². The van der Waals surface area contributed by atoms with Gasteiger partial charge >= 0.3 is 6.03 Å². The molecule has 0 bridgehead atoms. The number of hydrogen-bond acceptors (Lipinski definition) is 5. The van der Waals surface area contributed by atoms with Gasteiger partial charge < -0.3 is 10.0 Å². The van der Waals surface area contributed by atoms with Crippen molar-refractivity contribution in [2.24, 2.45) is 11.8 Å². The highest BCUT2D eigenvalue weighted by molar-refractivity contribution is 6.31. The van der Waals surface area contributed by atoms with Gasteiger partial charge in [0.15, 0.2) is 0 Å². The minimum Gasteiger partial charge on any atom is -0.373 e. The Morgan fingerprint density at radius 1 is 1.31 bits per heavy atom. The first-order valence-electron chi connectivity index (χ1n) is 10.1. The van der Waals surface area contributed by atoms with E-state index in [4.69, 9.17) is 11.6 Å². The lowest BCUT2D eigenvalue weighted by atomic mass is 10.0. The third kappa shape index (κ3) is 4.19. The van der Waals surface area contributed by atoms with Gasteiger partial charge in [0.2, 0.25) is 0 Å². The number of halogens is 1. The van der Waals surface area contributed by atoms with Gasteiger partial charge in [0.25, 0.3) is 0 Å². The summed E-state index contributed by atoms with van der Waals surface area (Å²) in [7, 11) is 3.81. The zero-order valence-electron chi connectivity index (χ0n) is 16.8. The Bertz CT molecular complexity index is 858. The Morgan fingerprint density at radius 3 is 2.66 bits per heavy atom. The third-order valence-corrected chi connectivity index (χ3v) is 6.73. The first-order valence-corrected chi connectivity index (χ1v) is 10.5.